The number of halogens is 1. The molecule has 0 amide bonds. The normalized spacial score (nSPS) is 30.2. The highest BCUT2D eigenvalue weighted by atomic mass is 35.5. The fourth-order valence-corrected chi connectivity index (χ4v) is 3.69. The van der Waals surface area contributed by atoms with Crippen molar-refractivity contribution in [2.45, 2.75) is 25.4 Å². The van der Waals surface area contributed by atoms with Crippen molar-refractivity contribution >= 4 is 23.7 Å². The molecule has 1 aromatic rings. The van der Waals surface area contributed by atoms with Gasteiger partial charge < -0.3 is 5.32 Å². The van der Waals surface area contributed by atoms with Gasteiger partial charge in [-0.25, -0.2) is 0 Å². The lowest BCUT2D eigenvalue weighted by Gasteiger charge is -2.42. The second-order valence-corrected chi connectivity index (χ2v) is 5.33. The van der Waals surface area contributed by atoms with Crippen molar-refractivity contribution in [1.82, 2.24) is 10.2 Å². The van der Waals surface area contributed by atoms with Gasteiger partial charge in [0.2, 0.25) is 0 Å². The Labute approximate surface area is 101 Å². The van der Waals surface area contributed by atoms with E-state index >= 15 is 0 Å². The van der Waals surface area contributed by atoms with Crippen molar-refractivity contribution in [3.05, 3.63) is 21.9 Å². The molecular formula is C11H17ClN2S. The summed E-state index contributed by atoms with van der Waals surface area (Å²) < 4.78 is 0. The van der Waals surface area contributed by atoms with Gasteiger partial charge in [0.25, 0.3) is 0 Å². The van der Waals surface area contributed by atoms with Crippen LogP contribution in [0.5, 0.6) is 0 Å². The Morgan fingerprint density at radius 2 is 2.40 bits per heavy atom. The van der Waals surface area contributed by atoms with Crippen LogP contribution in [0.15, 0.2) is 11.4 Å². The second-order valence-electron chi connectivity index (χ2n) is 4.38. The number of hydrogen-bond donors (Lipinski definition) is 1. The molecule has 2 aliphatic heterocycles. The SMILES string of the molecule is CC1CN2CCc3ccsc3C2CN1.Cl. The Bertz CT molecular complexity index is 339. The third-order valence-corrected chi connectivity index (χ3v) is 4.42. The van der Waals surface area contributed by atoms with Crippen LogP contribution in [0.4, 0.5) is 0 Å². The van der Waals surface area contributed by atoms with Crippen LogP contribution >= 0.6 is 23.7 Å². The molecule has 4 heteroatoms. The molecule has 2 unspecified atom stereocenters. The Hall–Kier alpha value is -0.0900. The number of nitrogens with one attached hydrogen (secondary N) is 1. The first-order chi connectivity index (χ1) is 6.84. The monoisotopic (exact) mass is 244 g/mol. The maximum Gasteiger partial charge on any atom is 0.0570 e. The van der Waals surface area contributed by atoms with E-state index < -0.39 is 0 Å². The summed E-state index contributed by atoms with van der Waals surface area (Å²) in [5.41, 5.74) is 1.59. The van der Waals surface area contributed by atoms with Gasteiger partial charge in [-0.3, -0.25) is 4.90 Å². The van der Waals surface area contributed by atoms with Gasteiger partial charge >= 0.3 is 0 Å². The quantitative estimate of drug-likeness (QED) is 0.752. The minimum absolute atomic E-state index is 0. The lowest BCUT2D eigenvalue weighted by molar-refractivity contribution is 0.129. The van der Waals surface area contributed by atoms with Crippen molar-refractivity contribution in [3.63, 3.8) is 0 Å². The van der Waals surface area contributed by atoms with Gasteiger partial charge in [0.15, 0.2) is 0 Å². The van der Waals surface area contributed by atoms with E-state index in [0.29, 0.717) is 12.1 Å². The van der Waals surface area contributed by atoms with E-state index in [0.717, 1.165) is 6.54 Å². The van der Waals surface area contributed by atoms with Gasteiger partial charge in [-0.05, 0) is 30.4 Å². The summed E-state index contributed by atoms with van der Waals surface area (Å²) in [6, 6.07) is 3.62. The predicted molar refractivity (Wildman–Crippen MR) is 67.0 cm³/mol. The molecule has 2 atom stereocenters. The number of fused-ring (bicyclic) bond motifs is 3. The van der Waals surface area contributed by atoms with Gasteiger partial charge in [-0.1, -0.05) is 0 Å². The number of piperazine rings is 1. The fraction of sp³-hybridized carbons (Fsp3) is 0.636. The third kappa shape index (κ3) is 1.94. The topological polar surface area (TPSA) is 15.3 Å². The van der Waals surface area contributed by atoms with E-state index in [4.69, 9.17) is 0 Å². The molecule has 1 N–H and O–H groups in total. The molecule has 3 heterocycles. The van der Waals surface area contributed by atoms with Crippen LogP contribution in [0.2, 0.25) is 0 Å². The molecule has 0 radical (unpaired) electrons. The van der Waals surface area contributed by atoms with E-state index in [2.05, 4.69) is 28.6 Å². The molecule has 0 saturated carbocycles. The molecular weight excluding hydrogens is 228 g/mol. The summed E-state index contributed by atoms with van der Waals surface area (Å²) >= 11 is 1.93. The molecule has 84 valence electrons. The molecule has 2 aliphatic rings. The van der Waals surface area contributed by atoms with E-state index in [9.17, 15) is 0 Å². The number of thiophene rings is 1. The molecule has 2 nitrogen and oxygen atoms in total. The van der Waals surface area contributed by atoms with Crippen molar-refractivity contribution in [1.29, 1.82) is 0 Å². The molecule has 3 rings (SSSR count). The van der Waals surface area contributed by atoms with Gasteiger partial charge in [0.1, 0.15) is 0 Å². The molecule has 1 aromatic heterocycles. The number of hydrogen-bond acceptors (Lipinski definition) is 3. The number of nitrogens with zero attached hydrogens (tertiary/aromatic N) is 1. The second kappa shape index (κ2) is 4.42. The van der Waals surface area contributed by atoms with Crippen LogP contribution in [0.25, 0.3) is 0 Å². The summed E-state index contributed by atoms with van der Waals surface area (Å²) in [5, 5.41) is 5.82. The first kappa shape index (κ1) is 11.4. The molecule has 0 aliphatic carbocycles. The zero-order valence-electron chi connectivity index (χ0n) is 8.90. The minimum Gasteiger partial charge on any atom is -0.311 e. The van der Waals surface area contributed by atoms with Crippen molar-refractivity contribution in [2.24, 2.45) is 0 Å². The smallest absolute Gasteiger partial charge is 0.0570 e. The summed E-state index contributed by atoms with van der Waals surface area (Å²) in [5.74, 6) is 0. The minimum atomic E-state index is 0. The van der Waals surface area contributed by atoms with E-state index in [1.165, 1.54) is 19.5 Å². The highest BCUT2D eigenvalue weighted by Crippen LogP contribution is 2.34. The Kier molecular flexibility index (Phi) is 3.36. The zero-order chi connectivity index (χ0) is 9.54. The van der Waals surface area contributed by atoms with Crippen molar-refractivity contribution < 1.29 is 0 Å². The van der Waals surface area contributed by atoms with Gasteiger partial charge in [-0.2, -0.15) is 0 Å². The molecule has 15 heavy (non-hydrogen) atoms. The molecule has 0 spiro atoms. The van der Waals surface area contributed by atoms with Gasteiger partial charge in [0, 0.05) is 30.6 Å². The Morgan fingerprint density at radius 1 is 1.53 bits per heavy atom. The van der Waals surface area contributed by atoms with Gasteiger partial charge in [-0.15, -0.1) is 23.7 Å². The van der Waals surface area contributed by atoms with Crippen LogP contribution in [0, 0.1) is 0 Å². The summed E-state index contributed by atoms with van der Waals surface area (Å²) in [7, 11) is 0. The van der Waals surface area contributed by atoms with E-state index in [-0.39, 0.29) is 12.4 Å². The summed E-state index contributed by atoms with van der Waals surface area (Å²) in [6.45, 7) is 5.87. The van der Waals surface area contributed by atoms with Crippen molar-refractivity contribution in [2.75, 3.05) is 19.6 Å². The lowest BCUT2D eigenvalue weighted by Crippen LogP contribution is -2.52. The average Bonchev–Trinajstić information content (AvgIpc) is 2.65. The zero-order valence-corrected chi connectivity index (χ0v) is 10.5. The Balaban J connectivity index is 0.000000853. The van der Waals surface area contributed by atoms with Crippen molar-refractivity contribution in [3.8, 4) is 0 Å². The number of rotatable bonds is 0. The maximum atomic E-state index is 3.58. The standard InChI is InChI=1S/C11H16N2S.ClH/c1-8-7-13-4-2-9-3-5-14-11(9)10(13)6-12-8;/h3,5,8,10,12H,2,4,6-7H2,1H3;1H. The highest BCUT2D eigenvalue weighted by molar-refractivity contribution is 7.10. The van der Waals surface area contributed by atoms with E-state index in [1.54, 1.807) is 10.4 Å². The molecule has 0 aromatic carbocycles. The predicted octanol–water partition coefficient (Wildman–Crippen LogP) is 2.06. The highest BCUT2D eigenvalue weighted by Gasteiger charge is 2.32. The molecule has 1 fully saturated rings. The Morgan fingerprint density at radius 3 is 3.27 bits per heavy atom. The first-order valence-electron chi connectivity index (χ1n) is 5.38. The lowest BCUT2D eigenvalue weighted by atomic mass is 9.98. The molecule has 0 bridgehead atoms. The van der Waals surface area contributed by atoms with Crippen LogP contribution in [0.1, 0.15) is 23.4 Å². The van der Waals surface area contributed by atoms with Crippen LogP contribution < -0.4 is 5.32 Å². The first-order valence-corrected chi connectivity index (χ1v) is 6.26. The van der Waals surface area contributed by atoms with Crippen LogP contribution in [-0.2, 0) is 6.42 Å². The van der Waals surface area contributed by atoms with E-state index in [1.807, 2.05) is 11.3 Å². The summed E-state index contributed by atoms with van der Waals surface area (Å²) in [6.07, 6.45) is 1.25. The maximum absolute atomic E-state index is 3.58. The largest absolute Gasteiger partial charge is 0.311 e. The van der Waals surface area contributed by atoms with Gasteiger partial charge in [0.05, 0.1) is 6.04 Å². The van der Waals surface area contributed by atoms with Crippen LogP contribution in [-0.4, -0.2) is 30.6 Å². The third-order valence-electron chi connectivity index (χ3n) is 3.36. The average molecular weight is 245 g/mol. The fourth-order valence-electron chi connectivity index (χ4n) is 2.60. The van der Waals surface area contributed by atoms with Crippen LogP contribution in [0.3, 0.4) is 0 Å². The molecule has 1 saturated heterocycles. The summed E-state index contributed by atoms with van der Waals surface area (Å²) in [4.78, 5) is 4.25.